The summed E-state index contributed by atoms with van der Waals surface area (Å²) >= 11 is 0. The van der Waals surface area contributed by atoms with Crippen molar-refractivity contribution < 1.29 is 75.6 Å². The normalized spacial score (nSPS) is 6.52. The predicted octanol–water partition coefficient (Wildman–Crippen LogP) is -0.0499. The minimum absolute atomic E-state index is 0. The van der Waals surface area contributed by atoms with Gasteiger partial charge in [0.25, 0.3) is 0 Å². The molecule has 0 rings (SSSR count). The van der Waals surface area contributed by atoms with E-state index in [-0.39, 0.29) is 16.4 Å². The smallest absolute Gasteiger partial charge is 0.412 e. The Morgan fingerprint density at radius 1 is 0.476 bits per heavy atom. The third kappa shape index (κ3) is 109. The lowest BCUT2D eigenvalue weighted by Crippen LogP contribution is -1.41. The standard InChI is InChI=1S/2O5P2.HO3P.3H2O/c2*1-6(2)5-7(3)4;1-4(2)3;;;/h;;(H,1,2,3);3*1H2. The van der Waals surface area contributed by atoms with Gasteiger partial charge in [-0.2, -0.15) is 8.62 Å². The Labute approximate surface area is 116 Å². The summed E-state index contributed by atoms with van der Waals surface area (Å²) in [5.41, 5.74) is 0. The molecular weight excluding hydrogens is 411 g/mol. The monoisotopic (exact) mass is 418 g/mol. The molecule has 0 aromatic heterocycles. The lowest BCUT2D eigenvalue weighted by atomic mass is 15.8. The van der Waals surface area contributed by atoms with Gasteiger partial charge in [0.2, 0.25) is 0 Å². The van der Waals surface area contributed by atoms with Crippen molar-refractivity contribution >= 4 is 39.5 Å². The first-order valence-electron chi connectivity index (χ1n) is 2.76. The Hall–Kier alpha value is -0.740. The average molecular weight is 418 g/mol. The molecule has 21 heteroatoms. The van der Waals surface area contributed by atoms with Crippen molar-refractivity contribution in [3.8, 4) is 0 Å². The van der Waals surface area contributed by atoms with Crippen LogP contribution in [-0.2, 0) is 54.3 Å². The van der Waals surface area contributed by atoms with Crippen molar-refractivity contribution in [2.45, 2.75) is 0 Å². The first-order valence-corrected chi connectivity index (χ1v) is 8.27. The highest BCUT2D eigenvalue weighted by molar-refractivity contribution is 7.39. The van der Waals surface area contributed by atoms with E-state index >= 15 is 0 Å². The molecule has 0 fully saturated rings. The van der Waals surface area contributed by atoms with Gasteiger partial charge in [0, 0.05) is 0 Å². The molecule has 0 heterocycles. The summed E-state index contributed by atoms with van der Waals surface area (Å²) in [5, 5.41) is 0. The van der Waals surface area contributed by atoms with E-state index in [1.807, 2.05) is 0 Å². The Bertz CT molecular complexity index is 437. The first kappa shape index (κ1) is 37.0. The Morgan fingerprint density at radius 3 is 0.571 bits per heavy atom. The van der Waals surface area contributed by atoms with Gasteiger partial charge in [-0.05, 0) is 0 Å². The molecule has 0 aromatic rings. The van der Waals surface area contributed by atoms with Crippen LogP contribution in [0.5, 0.6) is 0 Å². The summed E-state index contributed by atoms with van der Waals surface area (Å²) < 4.78 is 97.4. The molecule has 0 aliphatic rings. The highest BCUT2D eigenvalue weighted by atomic mass is 31.2. The van der Waals surface area contributed by atoms with Crippen LogP contribution in [0.3, 0.4) is 0 Å². The van der Waals surface area contributed by atoms with Crippen LogP contribution in [0, 0.1) is 0 Å². The van der Waals surface area contributed by atoms with Gasteiger partial charge < -0.3 is 16.4 Å². The van der Waals surface area contributed by atoms with E-state index < -0.39 is 39.5 Å². The Kier molecular flexibility index (Phi) is 42.7. The SMILES string of the molecule is O.O.O.O=P(=O)O.O=P(=O)OP(=O)=O.O=P(=O)OP(=O)=O. The molecule has 0 saturated heterocycles. The zero-order chi connectivity index (χ0) is 15.3. The van der Waals surface area contributed by atoms with Crippen LogP contribution in [-0.4, -0.2) is 21.3 Å². The van der Waals surface area contributed by atoms with Crippen LogP contribution < -0.4 is 0 Å². The van der Waals surface area contributed by atoms with Crippen LogP contribution in [0.25, 0.3) is 0 Å². The second kappa shape index (κ2) is 24.3. The molecule has 0 aliphatic heterocycles. The summed E-state index contributed by atoms with van der Waals surface area (Å²) in [7, 11) is -16.1. The third-order valence-electron chi connectivity index (χ3n) is 0.267. The number of rotatable bonds is 4. The average Bonchev–Trinajstić information content (AvgIpc) is 1.96. The van der Waals surface area contributed by atoms with Crippen molar-refractivity contribution in [1.29, 1.82) is 0 Å². The maximum Gasteiger partial charge on any atom is 0.481 e. The quantitative estimate of drug-likeness (QED) is 0.586. The molecule has 0 aliphatic carbocycles. The molecular formula is H7O16P5. The van der Waals surface area contributed by atoms with Gasteiger partial charge in [0.15, 0.2) is 0 Å². The number of hydrogen-bond donors (Lipinski definition) is 1. The van der Waals surface area contributed by atoms with E-state index in [2.05, 4.69) is 8.62 Å². The van der Waals surface area contributed by atoms with Gasteiger partial charge in [-0.15, -0.1) is 0 Å². The molecule has 0 unspecified atom stereocenters. The van der Waals surface area contributed by atoms with Gasteiger partial charge in [-0.1, -0.05) is 0 Å². The van der Waals surface area contributed by atoms with Crippen molar-refractivity contribution in [2.24, 2.45) is 0 Å². The molecule has 0 radical (unpaired) electrons. The fraction of sp³-hybridized carbons (Fsp3) is 0. The van der Waals surface area contributed by atoms with Crippen molar-refractivity contribution in [2.75, 3.05) is 0 Å². The minimum Gasteiger partial charge on any atom is -0.412 e. The first-order chi connectivity index (χ1) is 7.98. The van der Waals surface area contributed by atoms with E-state index in [4.69, 9.17) is 14.0 Å². The maximum atomic E-state index is 9.24. The van der Waals surface area contributed by atoms with Crippen molar-refractivity contribution in [3.05, 3.63) is 0 Å². The number of hydrogen-bond acceptors (Lipinski definition) is 12. The van der Waals surface area contributed by atoms with Crippen LogP contribution in [0.1, 0.15) is 0 Å². The van der Waals surface area contributed by atoms with E-state index in [1.165, 1.54) is 0 Å². The molecule has 0 spiro atoms. The third-order valence-corrected chi connectivity index (χ3v) is 2.40. The fourth-order valence-corrected chi connectivity index (χ4v) is 0.980. The van der Waals surface area contributed by atoms with E-state index in [0.717, 1.165) is 0 Å². The van der Waals surface area contributed by atoms with E-state index in [0.29, 0.717) is 0 Å². The van der Waals surface area contributed by atoms with Crippen molar-refractivity contribution in [3.63, 3.8) is 0 Å². The van der Waals surface area contributed by atoms with E-state index in [1.54, 1.807) is 0 Å². The summed E-state index contributed by atoms with van der Waals surface area (Å²) in [6.07, 6.45) is 0. The van der Waals surface area contributed by atoms with E-state index in [9.17, 15) is 36.5 Å². The summed E-state index contributed by atoms with van der Waals surface area (Å²) in [6.45, 7) is 0. The topological polar surface area (TPSA) is 304 Å². The summed E-state index contributed by atoms with van der Waals surface area (Å²) in [4.78, 5) is 7.01. The molecule has 16 nitrogen and oxygen atoms in total. The molecule has 7 N–H and O–H groups in total. The predicted molar refractivity (Wildman–Crippen MR) is 56.7 cm³/mol. The van der Waals surface area contributed by atoms with Crippen LogP contribution in [0.2, 0.25) is 0 Å². The Morgan fingerprint density at radius 2 is 0.571 bits per heavy atom. The molecule has 0 saturated carbocycles. The van der Waals surface area contributed by atoms with Gasteiger partial charge in [0.1, 0.15) is 0 Å². The van der Waals surface area contributed by atoms with Crippen LogP contribution in [0.15, 0.2) is 0 Å². The minimum atomic E-state index is -3.24. The molecule has 21 heavy (non-hydrogen) atoms. The lowest BCUT2D eigenvalue weighted by Gasteiger charge is -1.61. The van der Waals surface area contributed by atoms with Gasteiger partial charge in [0.05, 0.1) is 0 Å². The molecule has 128 valence electrons. The zero-order valence-electron chi connectivity index (χ0n) is 9.08. The van der Waals surface area contributed by atoms with Crippen LogP contribution in [0.4, 0.5) is 0 Å². The second-order valence-electron chi connectivity index (χ2n) is 1.30. The van der Waals surface area contributed by atoms with Crippen LogP contribution >= 0.6 is 39.5 Å². The molecule has 0 amide bonds. The van der Waals surface area contributed by atoms with Crippen molar-refractivity contribution in [1.82, 2.24) is 0 Å². The highest BCUT2D eigenvalue weighted by Crippen LogP contribution is 2.19. The molecule has 0 atom stereocenters. The molecule has 0 aromatic carbocycles. The highest BCUT2D eigenvalue weighted by Gasteiger charge is 1.93. The summed E-state index contributed by atoms with van der Waals surface area (Å²) in [5.74, 6) is 0. The zero-order valence-corrected chi connectivity index (χ0v) is 13.6. The second-order valence-corrected chi connectivity index (χ2v) is 4.87. The van der Waals surface area contributed by atoms with Gasteiger partial charge in [-0.3, -0.25) is 4.89 Å². The fourth-order valence-electron chi connectivity index (χ4n) is 0.109. The van der Waals surface area contributed by atoms with Gasteiger partial charge >= 0.3 is 39.5 Å². The Balaban J connectivity index is -0.0000000388. The lowest BCUT2D eigenvalue weighted by molar-refractivity contribution is 0.406. The summed E-state index contributed by atoms with van der Waals surface area (Å²) in [6, 6.07) is 0. The maximum absolute atomic E-state index is 9.24. The van der Waals surface area contributed by atoms with Gasteiger partial charge in [-0.25, -0.2) is 45.7 Å². The molecule has 0 bridgehead atoms. The largest absolute Gasteiger partial charge is 0.481 e.